The van der Waals surface area contributed by atoms with E-state index in [9.17, 15) is 9.59 Å². The van der Waals surface area contributed by atoms with Crippen LogP contribution in [0.2, 0.25) is 0 Å². The zero-order chi connectivity index (χ0) is 9.42. The van der Waals surface area contributed by atoms with Gasteiger partial charge in [-0.25, -0.2) is 4.57 Å². The number of para-hydroxylation sites is 1. The van der Waals surface area contributed by atoms with Crippen LogP contribution in [-0.2, 0) is 0 Å². The third-order valence-corrected chi connectivity index (χ3v) is 2.72. The second-order valence-electron chi connectivity index (χ2n) is 2.69. The summed E-state index contributed by atoms with van der Waals surface area (Å²) in [5, 5.41) is 0. The summed E-state index contributed by atoms with van der Waals surface area (Å²) in [5.74, 6) is -0.234. The molecule has 14 heavy (non-hydrogen) atoms. The van der Waals surface area contributed by atoms with Crippen LogP contribution in [0.3, 0.4) is 0 Å². The Balaban J connectivity index is 0.000000980. The van der Waals surface area contributed by atoms with E-state index < -0.39 is 0 Å². The minimum Gasteiger partial charge on any atom is -0.412 e. The van der Waals surface area contributed by atoms with Gasteiger partial charge in [0, 0.05) is 6.92 Å². The van der Waals surface area contributed by atoms with Crippen LogP contribution in [0, 0.1) is 0 Å². The minimum absolute atomic E-state index is 0. The Bertz CT molecular complexity index is 526. The van der Waals surface area contributed by atoms with E-state index in [0.717, 1.165) is 16.0 Å². The normalized spacial score (nSPS) is 9.79. The highest BCUT2D eigenvalue weighted by Crippen LogP contribution is 2.15. The Labute approximate surface area is 83.7 Å². The first-order valence-corrected chi connectivity index (χ1v) is 4.63. The maximum absolute atomic E-state index is 11.3. The summed E-state index contributed by atoms with van der Waals surface area (Å²) in [4.78, 5) is 22.2. The van der Waals surface area contributed by atoms with Crippen molar-refractivity contribution in [3.05, 3.63) is 33.9 Å². The topological polar surface area (TPSA) is 70.6 Å². The predicted octanol–water partition coefficient (Wildman–Crippen LogP) is 0.898. The number of rotatable bonds is 0. The Hall–Kier alpha value is -1.46. The number of thiazole rings is 1. The molecular formula is C9H9NO3S. The molecule has 0 saturated heterocycles. The third-order valence-electron chi connectivity index (χ3n) is 1.80. The van der Waals surface area contributed by atoms with E-state index in [4.69, 9.17) is 0 Å². The van der Waals surface area contributed by atoms with Crippen molar-refractivity contribution in [3.8, 4) is 0 Å². The van der Waals surface area contributed by atoms with Crippen LogP contribution in [0.1, 0.15) is 11.7 Å². The van der Waals surface area contributed by atoms with E-state index in [1.807, 2.05) is 18.2 Å². The first-order chi connectivity index (χ1) is 6.20. The molecular weight excluding hydrogens is 202 g/mol. The largest absolute Gasteiger partial charge is 0.412 e. The summed E-state index contributed by atoms with van der Waals surface area (Å²) in [6, 6.07) is 7.27. The van der Waals surface area contributed by atoms with E-state index in [1.165, 1.54) is 11.5 Å². The molecule has 0 fully saturated rings. The average molecular weight is 211 g/mol. The molecule has 1 aromatic heterocycles. The molecule has 74 valence electrons. The highest BCUT2D eigenvalue weighted by Gasteiger charge is 2.08. The fourth-order valence-electron chi connectivity index (χ4n) is 1.26. The molecule has 0 aliphatic rings. The van der Waals surface area contributed by atoms with Crippen molar-refractivity contribution in [2.24, 2.45) is 0 Å². The molecule has 5 heteroatoms. The van der Waals surface area contributed by atoms with Crippen molar-refractivity contribution < 1.29 is 10.3 Å². The Morgan fingerprint density at radius 1 is 1.36 bits per heavy atom. The Morgan fingerprint density at radius 3 is 2.64 bits per heavy atom. The lowest BCUT2D eigenvalue weighted by molar-refractivity contribution is 0.0939. The first-order valence-electron chi connectivity index (χ1n) is 3.81. The Kier molecular flexibility index (Phi) is 2.83. The zero-order valence-electron chi connectivity index (χ0n) is 7.48. The lowest BCUT2D eigenvalue weighted by atomic mass is 10.3. The summed E-state index contributed by atoms with van der Waals surface area (Å²) >= 11 is 1.09. The van der Waals surface area contributed by atoms with Crippen molar-refractivity contribution in [3.63, 3.8) is 0 Å². The van der Waals surface area contributed by atoms with E-state index in [-0.39, 0.29) is 16.3 Å². The van der Waals surface area contributed by atoms with Gasteiger partial charge in [-0.05, 0) is 12.1 Å². The number of aromatic nitrogens is 1. The number of hydrogen-bond acceptors (Lipinski definition) is 3. The molecule has 4 nitrogen and oxygen atoms in total. The van der Waals surface area contributed by atoms with Gasteiger partial charge in [0.05, 0.1) is 10.2 Å². The smallest absolute Gasteiger partial charge is 0.314 e. The highest BCUT2D eigenvalue weighted by atomic mass is 32.1. The van der Waals surface area contributed by atoms with Crippen LogP contribution in [-0.4, -0.2) is 16.0 Å². The van der Waals surface area contributed by atoms with Crippen molar-refractivity contribution in [1.29, 1.82) is 0 Å². The average Bonchev–Trinajstić information content (AvgIpc) is 2.39. The lowest BCUT2D eigenvalue weighted by Gasteiger charge is -1.94. The fourth-order valence-corrected chi connectivity index (χ4v) is 2.18. The molecule has 0 bridgehead atoms. The molecule has 0 amide bonds. The van der Waals surface area contributed by atoms with Crippen LogP contribution < -0.4 is 4.87 Å². The maximum Gasteiger partial charge on any atom is 0.314 e. The van der Waals surface area contributed by atoms with Gasteiger partial charge in [-0.2, -0.15) is 0 Å². The van der Waals surface area contributed by atoms with Crippen molar-refractivity contribution in [2.45, 2.75) is 6.92 Å². The van der Waals surface area contributed by atoms with Gasteiger partial charge in [-0.15, -0.1) is 0 Å². The van der Waals surface area contributed by atoms with Gasteiger partial charge < -0.3 is 5.48 Å². The Morgan fingerprint density at radius 2 is 2.00 bits per heavy atom. The molecule has 1 aromatic carbocycles. The van der Waals surface area contributed by atoms with Gasteiger partial charge in [0.15, 0.2) is 0 Å². The molecule has 0 spiro atoms. The van der Waals surface area contributed by atoms with Crippen molar-refractivity contribution in [2.75, 3.05) is 0 Å². The number of benzene rings is 1. The molecule has 0 aliphatic heterocycles. The summed E-state index contributed by atoms with van der Waals surface area (Å²) in [6.07, 6.45) is 0. The van der Waals surface area contributed by atoms with Crippen LogP contribution >= 0.6 is 11.3 Å². The number of carbonyl (C=O) groups is 1. The number of hydrogen-bond donors (Lipinski definition) is 0. The first kappa shape index (κ1) is 10.6. The minimum atomic E-state index is -0.234. The predicted molar refractivity (Wildman–Crippen MR) is 56.0 cm³/mol. The van der Waals surface area contributed by atoms with Gasteiger partial charge >= 0.3 is 4.87 Å². The van der Waals surface area contributed by atoms with Crippen LogP contribution in [0.15, 0.2) is 29.1 Å². The molecule has 1 heterocycles. The quantitative estimate of drug-likeness (QED) is 0.649. The maximum atomic E-state index is 11.3. The van der Waals surface area contributed by atoms with Crippen molar-refractivity contribution >= 4 is 27.5 Å². The standard InChI is InChI=1S/C9H7NO2S.H2O/c1-6(11)10-7-4-2-3-5-8(7)13-9(10)12;/h2-5H,1H3;1H2. The molecule has 0 atom stereocenters. The summed E-state index contributed by atoms with van der Waals surface area (Å²) in [5.41, 5.74) is 0.699. The molecule has 2 aromatic rings. The molecule has 2 N–H and O–H groups in total. The van der Waals surface area contributed by atoms with Crippen LogP contribution in [0.25, 0.3) is 10.2 Å². The monoisotopic (exact) mass is 211 g/mol. The molecule has 0 unspecified atom stereocenters. The van der Waals surface area contributed by atoms with E-state index in [0.29, 0.717) is 5.52 Å². The van der Waals surface area contributed by atoms with Crippen LogP contribution in [0.4, 0.5) is 0 Å². The van der Waals surface area contributed by atoms with Gasteiger partial charge in [0.2, 0.25) is 5.91 Å². The SMILES string of the molecule is CC(=O)n1c(=O)sc2ccccc21.O. The third kappa shape index (κ3) is 1.47. The summed E-state index contributed by atoms with van der Waals surface area (Å²) in [6.45, 7) is 1.39. The van der Waals surface area contributed by atoms with E-state index >= 15 is 0 Å². The fraction of sp³-hybridized carbons (Fsp3) is 0.111. The van der Waals surface area contributed by atoms with E-state index in [1.54, 1.807) is 6.07 Å². The van der Waals surface area contributed by atoms with Crippen LogP contribution in [0.5, 0.6) is 0 Å². The zero-order valence-corrected chi connectivity index (χ0v) is 8.30. The van der Waals surface area contributed by atoms with Gasteiger partial charge in [0.1, 0.15) is 0 Å². The molecule has 0 aliphatic carbocycles. The van der Waals surface area contributed by atoms with Gasteiger partial charge in [-0.1, -0.05) is 23.5 Å². The number of nitrogens with zero attached hydrogens (tertiary/aromatic N) is 1. The lowest BCUT2D eigenvalue weighted by Crippen LogP contribution is -2.18. The van der Waals surface area contributed by atoms with Gasteiger partial charge in [0.25, 0.3) is 0 Å². The molecule has 0 saturated carbocycles. The molecule has 2 rings (SSSR count). The van der Waals surface area contributed by atoms with Gasteiger partial charge in [-0.3, -0.25) is 9.59 Å². The molecule has 0 radical (unpaired) electrons. The second-order valence-corrected chi connectivity index (χ2v) is 3.68. The van der Waals surface area contributed by atoms with E-state index in [2.05, 4.69) is 0 Å². The number of fused-ring (bicyclic) bond motifs is 1. The highest BCUT2D eigenvalue weighted by molar-refractivity contribution is 7.16. The van der Waals surface area contributed by atoms with Crippen molar-refractivity contribution in [1.82, 2.24) is 4.57 Å². The number of carbonyl (C=O) groups excluding carboxylic acids is 1. The summed E-state index contributed by atoms with van der Waals surface area (Å²) in [7, 11) is 0. The summed E-state index contributed by atoms with van der Waals surface area (Å²) < 4.78 is 2.04. The second kappa shape index (κ2) is 3.73.